The minimum atomic E-state index is 0.397. The monoisotopic (exact) mass is 384 g/mol. The lowest BCUT2D eigenvalue weighted by Crippen LogP contribution is -2.28. The Hall–Kier alpha value is -2.51. The largest absolute Gasteiger partial charge is 0.497 e. The molecule has 0 unspecified atom stereocenters. The molecule has 1 heterocycles. The fourth-order valence-electron chi connectivity index (χ4n) is 2.36. The predicted molar refractivity (Wildman–Crippen MR) is 110 cm³/mol. The van der Waals surface area contributed by atoms with Gasteiger partial charge in [0, 0.05) is 15.5 Å². The molecule has 0 saturated carbocycles. The van der Waals surface area contributed by atoms with Gasteiger partial charge in [-0.15, -0.1) is 11.8 Å². The third kappa shape index (κ3) is 4.36. The molecule has 134 valence electrons. The van der Waals surface area contributed by atoms with Crippen molar-refractivity contribution in [3.05, 3.63) is 65.0 Å². The van der Waals surface area contributed by atoms with Crippen molar-refractivity contribution in [3.8, 4) is 5.75 Å². The molecule has 0 aliphatic rings. The SMILES string of the molecule is COc1ccc(N=C(Nc2cccc(SC)c2)n2sc(C)cc2=N)cc1. The highest BCUT2D eigenvalue weighted by Crippen LogP contribution is 2.21. The van der Waals surface area contributed by atoms with Gasteiger partial charge in [0.25, 0.3) is 0 Å². The molecule has 0 saturated heterocycles. The fraction of sp³-hybridized carbons (Fsp3) is 0.158. The van der Waals surface area contributed by atoms with Gasteiger partial charge in [0.15, 0.2) is 0 Å². The molecule has 0 bridgehead atoms. The number of methoxy groups -OCH3 is 1. The van der Waals surface area contributed by atoms with E-state index in [4.69, 9.17) is 15.1 Å². The number of aliphatic imine (C=N–C) groups is 1. The normalized spacial score (nSPS) is 11.4. The molecule has 0 spiro atoms. The summed E-state index contributed by atoms with van der Waals surface area (Å²) in [6.07, 6.45) is 2.05. The number of hydrogen-bond acceptors (Lipinski definition) is 5. The summed E-state index contributed by atoms with van der Waals surface area (Å²) in [6.45, 7) is 1.98. The zero-order valence-corrected chi connectivity index (χ0v) is 16.4. The van der Waals surface area contributed by atoms with Crippen molar-refractivity contribution in [3.63, 3.8) is 0 Å². The predicted octanol–water partition coefficient (Wildman–Crippen LogP) is 4.72. The second-order valence-electron chi connectivity index (χ2n) is 5.52. The number of anilines is 1. The number of benzene rings is 2. The number of hydrogen-bond donors (Lipinski definition) is 2. The Morgan fingerprint density at radius 3 is 2.58 bits per heavy atom. The lowest BCUT2D eigenvalue weighted by molar-refractivity contribution is 0.415. The highest BCUT2D eigenvalue weighted by Gasteiger charge is 2.09. The van der Waals surface area contributed by atoms with E-state index in [-0.39, 0.29) is 0 Å². The Morgan fingerprint density at radius 1 is 1.19 bits per heavy atom. The number of rotatable bonds is 4. The highest BCUT2D eigenvalue weighted by molar-refractivity contribution is 7.98. The van der Waals surface area contributed by atoms with Crippen LogP contribution in [0.5, 0.6) is 5.75 Å². The first-order valence-corrected chi connectivity index (χ1v) is 9.97. The Balaban J connectivity index is 2.02. The lowest BCUT2D eigenvalue weighted by atomic mass is 10.3. The van der Waals surface area contributed by atoms with Crippen molar-refractivity contribution in [2.75, 3.05) is 18.7 Å². The zero-order chi connectivity index (χ0) is 18.5. The van der Waals surface area contributed by atoms with Gasteiger partial charge in [-0.05, 0) is 61.7 Å². The van der Waals surface area contributed by atoms with Crippen molar-refractivity contribution < 1.29 is 4.74 Å². The summed E-state index contributed by atoms with van der Waals surface area (Å²) in [5.74, 6) is 1.38. The molecule has 0 atom stereocenters. The quantitative estimate of drug-likeness (QED) is 0.389. The van der Waals surface area contributed by atoms with Gasteiger partial charge in [0.05, 0.1) is 12.8 Å². The van der Waals surface area contributed by atoms with E-state index >= 15 is 0 Å². The second kappa shape index (κ2) is 8.25. The van der Waals surface area contributed by atoms with Crippen LogP contribution in [0.1, 0.15) is 4.88 Å². The molecule has 2 aromatic carbocycles. The molecule has 1 aromatic heterocycles. The zero-order valence-electron chi connectivity index (χ0n) is 14.8. The maximum absolute atomic E-state index is 8.22. The van der Waals surface area contributed by atoms with Crippen molar-refractivity contribution in [1.82, 2.24) is 3.96 Å². The summed E-state index contributed by atoms with van der Waals surface area (Å²) >= 11 is 3.17. The summed E-state index contributed by atoms with van der Waals surface area (Å²) in [4.78, 5) is 6.94. The Kier molecular flexibility index (Phi) is 5.80. The molecule has 0 aliphatic carbocycles. The highest BCUT2D eigenvalue weighted by atomic mass is 32.2. The van der Waals surface area contributed by atoms with Crippen LogP contribution in [0, 0.1) is 12.3 Å². The van der Waals surface area contributed by atoms with Crippen molar-refractivity contribution >= 4 is 40.6 Å². The number of ether oxygens (including phenoxy) is 1. The van der Waals surface area contributed by atoms with E-state index in [9.17, 15) is 0 Å². The standard InChI is InChI=1S/C19H20N4OS2/c1-13-11-18(20)23(26-13)19(21-14-7-9-16(24-2)10-8-14)22-15-5-4-6-17(12-15)25-3/h4-12,20H,1-3H3,(H,21,22). The molecule has 5 nitrogen and oxygen atoms in total. The fourth-order valence-corrected chi connectivity index (χ4v) is 3.60. The van der Waals surface area contributed by atoms with Crippen LogP contribution in [0.4, 0.5) is 11.4 Å². The van der Waals surface area contributed by atoms with E-state index in [0.29, 0.717) is 11.4 Å². The number of nitrogens with zero attached hydrogens (tertiary/aromatic N) is 2. The van der Waals surface area contributed by atoms with Gasteiger partial charge >= 0.3 is 0 Å². The van der Waals surface area contributed by atoms with Crippen LogP contribution in [-0.2, 0) is 0 Å². The molecule has 0 radical (unpaired) electrons. The van der Waals surface area contributed by atoms with Gasteiger partial charge in [-0.1, -0.05) is 17.6 Å². The summed E-state index contributed by atoms with van der Waals surface area (Å²) in [6, 6.07) is 17.5. The molecule has 3 aromatic rings. The van der Waals surface area contributed by atoms with Gasteiger partial charge in [-0.2, -0.15) is 0 Å². The first-order valence-electron chi connectivity index (χ1n) is 7.98. The van der Waals surface area contributed by atoms with E-state index in [2.05, 4.69) is 17.4 Å². The molecular formula is C19H20N4OS2. The van der Waals surface area contributed by atoms with E-state index in [1.807, 2.05) is 55.6 Å². The van der Waals surface area contributed by atoms with Gasteiger partial charge in [-0.25, -0.2) is 8.95 Å². The van der Waals surface area contributed by atoms with Crippen LogP contribution >= 0.6 is 23.3 Å². The topological polar surface area (TPSA) is 62.4 Å². The first kappa shape index (κ1) is 18.3. The minimum Gasteiger partial charge on any atom is -0.497 e. The van der Waals surface area contributed by atoms with E-state index in [1.54, 1.807) is 22.8 Å². The Morgan fingerprint density at radius 2 is 1.96 bits per heavy atom. The number of nitrogens with one attached hydrogen (secondary N) is 2. The van der Waals surface area contributed by atoms with Crippen LogP contribution in [-0.4, -0.2) is 23.3 Å². The molecule has 2 N–H and O–H groups in total. The molecule has 7 heteroatoms. The average Bonchev–Trinajstić information content (AvgIpc) is 3.00. The van der Waals surface area contributed by atoms with E-state index in [1.165, 1.54) is 11.5 Å². The van der Waals surface area contributed by atoms with Gasteiger partial charge in [-0.3, -0.25) is 5.41 Å². The maximum atomic E-state index is 8.22. The summed E-state index contributed by atoms with van der Waals surface area (Å²) in [7, 11) is 1.64. The second-order valence-corrected chi connectivity index (χ2v) is 7.59. The van der Waals surface area contributed by atoms with Crippen molar-refractivity contribution in [2.24, 2.45) is 4.99 Å². The number of thioether (sulfide) groups is 1. The van der Waals surface area contributed by atoms with Crippen LogP contribution in [0.15, 0.2) is 64.5 Å². The third-order valence-corrected chi connectivity index (χ3v) is 5.30. The average molecular weight is 385 g/mol. The van der Waals surface area contributed by atoms with Gasteiger partial charge in [0.1, 0.15) is 11.2 Å². The van der Waals surface area contributed by atoms with Crippen LogP contribution in [0.2, 0.25) is 0 Å². The summed E-state index contributed by atoms with van der Waals surface area (Å²) in [5.41, 5.74) is 2.11. The van der Waals surface area contributed by atoms with Gasteiger partial charge < -0.3 is 10.1 Å². The van der Waals surface area contributed by atoms with Crippen molar-refractivity contribution in [2.45, 2.75) is 11.8 Å². The molecule has 0 amide bonds. The summed E-state index contributed by atoms with van der Waals surface area (Å²) < 4.78 is 6.99. The maximum Gasteiger partial charge on any atom is 0.223 e. The summed E-state index contributed by atoms with van der Waals surface area (Å²) in [5, 5.41) is 11.6. The molecule has 0 fully saturated rings. The van der Waals surface area contributed by atoms with E-state index in [0.717, 1.165) is 26.9 Å². The lowest BCUT2D eigenvalue weighted by Gasteiger charge is -2.11. The molecular weight excluding hydrogens is 364 g/mol. The number of aromatic nitrogens is 1. The number of aryl methyl sites for hydroxylation is 1. The van der Waals surface area contributed by atoms with Gasteiger partial charge in [0.2, 0.25) is 5.96 Å². The molecule has 3 rings (SSSR count). The van der Waals surface area contributed by atoms with E-state index < -0.39 is 0 Å². The third-order valence-electron chi connectivity index (χ3n) is 3.62. The van der Waals surface area contributed by atoms with Crippen molar-refractivity contribution in [1.29, 1.82) is 5.41 Å². The Labute approximate surface area is 161 Å². The van der Waals surface area contributed by atoms with Crippen LogP contribution in [0.3, 0.4) is 0 Å². The smallest absolute Gasteiger partial charge is 0.223 e. The minimum absolute atomic E-state index is 0.397. The Bertz CT molecular complexity index is 974. The first-order chi connectivity index (χ1) is 12.6. The molecule has 26 heavy (non-hydrogen) atoms. The van der Waals surface area contributed by atoms with Crippen LogP contribution < -0.4 is 15.5 Å². The molecule has 0 aliphatic heterocycles. The van der Waals surface area contributed by atoms with Crippen LogP contribution in [0.25, 0.3) is 0 Å².